The van der Waals surface area contributed by atoms with Crippen LogP contribution in [0, 0.1) is 11.8 Å². The Morgan fingerprint density at radius 1 is 1.44 bits per heavy atom. The summed E-state index contributed by atoms with van der Waals surface area (Å²) in [7, 11) is 0. The lowest BCUT2D eigenvalue weighted by Gasteiger charge is -2.10. The highest BCUT2D eigenvalue weighted by atomic mass is 35.5. The molecular weight excluding hydrogens is 224 g/mol. The quantitative estimate of drug-likeness (QED) is 0.868. The highest BCUT2D eigenvalue weighted by molar-refractivity contribution is 6.30. The van der Waals surface area contributed by atoms with Crippen molar-refractivity contribution in [3.8, 4) is 0 Å². The second-order valence-corrected chi connectivity index (χ2v) is 4.46. The van der Waals surface area contributed by atoms with Gasteiger partial charge in [0, 0.05) is 5.02 Å². The topological polar surface area (TPSA) is 37.3 Å². The maximum atomic E-state index is 11.0. The van der Waals surface area contributed by atoms with E-state index >= 15 is 0 Å². The molecule has 0 aromatic heterocycles. The van der Waals surface area contributed by atoms with Gasteiger partial charge in [0.05, 0.1) is 5.92 Å². The maximum Gasteiger partial charge on any atom is 0.310 e. The average Bonchev–Trinajstić information content (AvgIpc) is 2.16. The molecule has 1 unspecified atom stereocenters. The highest BCUT2D eigenvalue weighted by Gasteiger charge is 2.17. The van der Waals surface area contributed by atoms with Gasteiger partial charge in [-0.25, -0.2) is 0 Å². The third-order valence-corrected chi connectivity index (χ3v) is 2.58. The van der Waals surface area contributed by atoms with Crippen LogP contribution in [0.25, 0.3) is 6.08 Å². The van der Waals surface area contributed by atoms with Gasteiger partial charge < -0.3 is 5.11 Å². The van der Waals surface area contributed by atoms with Gasteiger partial charge in [0.2, 0.25) is 0 Å². The Kier molecular flexibility index (Phi) is 4.56. The highest BCUT2D eigenvalue weighted by Crippen LogP contribution is 2.16. The van der Waals surface area contributed by atoms with Gasteiger partial charge in [-0.2, -0.15) is 0 Å². The minimum absolute atomic E-state index is 0.0768. The molecule has 1 aromatic rings. The zero-order valence-electron chi connectivity index (χ0n) is 9.35. The number of carbonyl (C=O) groups is 1. The first-order valence-corrected chi connectivity index (χ1v) is 5.55. The van der Waals surface area contributed by atoms with Crippen LogP contribution in [0.4, 0.5) is 0 Å². The zero-order valence-corrected chi connectivity index (χ0v) is 10.1. The van der Waals surface area contributed by atoms with Crippen molar-refractivity contribution in [1.82, 2.24) is 0 Å². The first-order valence-electron chi connectivity index (χ1n) is 5.17. The van der Waals surface area contributed by atoms with Crippen LogP contribution in [0.2, 0.25) is 5.02 Å². The third kappa shape index (κ3) is 3.70. The minimum Gasteiger partial charge on any atom is -0.481 e. The SMILES string of the molecule is CC(C)C(C=Cc1cccc(Cl)c1)C(=O)O. The molecule has 1 N–H and O–H groups in total. The smallest absolute Gasteiger partial charge is 0.310 e. The summed E-state index contributed by atoms with van der Waals surface area (Å²) in [4.78, 5) is 11.0. The van der Waals surface area contributed by atoms with Crippen LogP contribution in [0.3, 0.4) is 0 Å². The van der Waals surface area contributed by atoms with Crippen molar-refractivity contribution < 1.29 is 9.90 Å². The van der Waals surface area contributed by atoms with Crippen molar-refractivity contribution in [2.24, 2.45) is 11.8 Å². The largest absolute Gasteiger partial charge is 0.481 e. The molecule has 16 heavy (non-hydrogen) atoms. The maximum absolute atomic E-state index is 11.0. The average molecular weight is 239 g/mol. The van der Waals surface area contributed by atoms with Crippen LogP contribution in [0.1, 0.15) is 19.4 Å². The van der Waals surface area contributed by atoms with Gasteiger partial charge in [-0.05, 0) is 23.6 Å². The lowest BCUT2D eigenvalue weighted by atomic mass is 9.95. The summed E-state index contributed by atoms with van der Waals surface area (Å²) in [5, 5.41) is 9.65. The van der Waals surface area contributed by atoms with E-state index in [1.807, 2.05) is 26.0 Å². The molecular formula is C13H15ClO2. The van der Waals surface area contributed by atoms with Gasteiger partial charge in [-0.15, -0.1) is 0 Å². The monoisotopic (exact) mass is 238 g/mol. The van der Waals surface area contributed by atoms with Crippen LogP contribution >= 0.6 is 11.6 Å². The van der Waals surface area contributed by atoms with E-state index in [1.54, 1.807) is 24.3 Å². The van der Waals surface area contributed by atoms with Gasteiger partial charge in [0.1, 0.15) is 0 Å². The molecule has 0 radical (unpaired) electrons. The summed E-state index contributed by atoms with van der Waals surface area (Å²) in [6.45, 7) is 3.78. The second kappa shape index (κ2) is 5.71. The van der Waals surface area contributed by atoms with E-state index < -0.39 is 11.9 Å². The molecule has 1 aromatic carbocycles. The Balaban J connectivity index is 2.82. The lowest BCUT2D eigenvalue weighted by Crippen LogP contribution is -2.16. The van der Waals surface area contributed by atoms with E-state index in [9.17, 15) is 4.79 Å². The van der Waals surface area contributed by atoms with Crippen LogP contribution in [0.5, 0.6) is 0 Å². The normalized spacial score (nSPS) is 13.2. The Labute approximate surface area is 101 Å². The van der Waals surface area contributed by atoms with E-state index in [-0.39, 0.29) is 5.92 Å². The summed E-state index contributed by atoms with van der Waals surface area (Å²) in [5.41, 5.74) is 0.916. The number of aliphatic carboxylic acids is 1. The summed E-state index contributed by atoms with van der Waals surface area (Å²) < 4.78 is 0. The molecule has 1 rings (SSSR count). The first kappa shape index (κ1) is 12.8. The molecule has 0 fully saturated rings. The van der Waals surface area contributed by atoms with E-state index in [1.165, 1.54) is 0 Å². The van der Waals surface area contributed by atoms with Gasteiger partial charge in [0.25, 0.3) is 0 Å². The predicted octanol–water partition coefficient (Wildman–Crippen LogP) is 3.71. The fraction of sp³-hybridized carbons (Fsp3) is 0.308. The molecule has 0 aliphatic carbocycles. The van der Waals surface area contributed by atoms with Crippen molar-refractivity contribution in [3.63, 3.8) is 0 Å². The molecule has 0 saturated carbocycles. The lowest BCUT2D eigenvalue weighted by molar-refractivity contribution is -0.141. The van der Waals surface area contributed by atoms with Crippen molar-refractivity contribution in [3.05, 3.63) is 40.9 Å². The Morgan fingerprint density at radius 3 is 2.62 bits per heavy atom. The molecule has 86 valence electrons. The summed E-state index contributed by atoms with van der Waals surface area (Å²) in [6.07, 6.45) is 3.50. The third-order valence-electron chi connectivity index (χ3n) is 2.35. The summed E-state index contributed by atoms with van der Waals surface area (Å²) >= 11 is 5.84. The van der Waals surface area contributed by atoms with Gasteiger partial charge in [0.15, 0.2) is 0 Å². The number of halogens is 1. The van der Waals surface area contributed by atoms with E-state index in [0.29, 0.717) is 5.02 Å². The second-order valence-electron chi connectivity index (χ2n) is 4.02. The fourth-order valence-corrected chi connectivity index (χ4v) is 1.61. The molecule has 0 saturated heterocycles. The van der Waals surface area contributed by atoms with Gasteiger partial charge in [-0.3, -0.25) is 4.79 Å². The molecule has 0 heterocycles. The van der Waals surface area contributed by atoms with Crippen LogP contribution < -0.4 is 0 Å². The molecule has 0 aliphatic heterocycles. The van der Waals surface area contributed by atoms with Gasteiger partial charge >= 0.3 is 5.97 Å². The molecule has 3 heteroatoms. The standard InChI is InChI=1S/C13H15ClO2/c1-9(2)12(13(15)16)7-6-10-4-3-5-11(14)8-10/h3-9,12H,1-2H3,(H,15,16). The molecule has 0 amide bonds. The van der Waals surface area contributed by atoms with Crippen LogP contribution in [-0.2, 0) is 4.79 Å². The van der Waals surface area contributed by atoms with Crippen molar-refractivity contribution in [2.75, 3.05) is 0 Å². The molecule has 1 atom stereocenters. The van der Waals surface area contributed by atoms with Crippen LogP contribution in [0.15, 0.2) is 30.3 Å². The summed E-state index contributed by atoms with van der Waals surface area (Å²) in [6, 6.07) is 7.32. The van der Waals surface area contributed by atoms with Gasteiger partial charge in [-0.1, -0.05) is 49.7 Å². The van der Waals surface area contributed by atoms with Crippen molar-refractivity contribution >= 4 is 23.6 Å². The Morgan fingerprint density at radius 2 is 2.12 bits per heavy atom. The fourth-order valence-electron chi connectivity index (χ4n) is 1.41. The van der Waals surface area contributed by atoms with Crippen molar-refractivity contribution in [1.29, 1.82) is 0 Å². The van der Waals surface area contributed by atoms with E-state index in [4.69, 9.17) is 16.7 Å². The Hall–Kier alpha value is -1.28. The zero-order chi connectivity index (χ0) is 12.1. The number of carboxylic acid groups (broad SMARTS) is 1. The number of hydrogen-bond donors (Lipinski definition) is 1. The first-order chi connectivity index (χ1) is 7.50. The summed E-state index contributed by atoms with van der Waals surface area (Å²) in [5.74, 6) is -1.18. The molecule has 0 bridgehead atoms. The number of benzene rings is 1. The molecule has 2 nitrogen and oxygen atoms in total. The molecule has 0 spiro atoms. The van der Waals surface area contributed by atoms with Crippen LogP contribution in [-0.4, -0.2) is 11.1 Å². The number of carboxylic acids is 1. The van der Waals surface area contributed by atoms with E-state index in [0.717, 1.165) is 5.56 Å². The minimum atomic E-state index is -0.798. The number of rotatable bonds is 4. The predicted molar refractivity (Wildman–Crippen MR) is 66.4 cm³/mol. The van der Waals surface area contributed by atoms with E-state index in [2.05, 4.69) is 0 Å². The molecule has 0 aliphatic rings. The number of hydrogen-bond acceptors (Lipinski definition) is 1. The van der Waals surface area contributed by atoms with Crippen molar-refractivity contribution in [2.45, 2.75) is 13.8 Å². The Bertz CT molecular complexity index is 397.